The number of oxazole rings is 1. The van der Waals surface area contributed by atoms with Crippen molar-refractivity contribution in [1.82, 2.24) is 4.98 Å². The lowest BCUT2D eigenvalue weighted by Crippen LogP contribution is -1.87. The van der Waals surface area contributed by atoms with E-state index in [9.17, 15) is 4.79 Å². The van der Waals surface area contributed by atoms with Crippen molar-refractivity contribution >= 4 is 51.0 Å². The summed E-state index contributed by atoms with van der Waals surface area (Å²) >= 11 is 2.88. The fourth-order valence-electron chi connectivity index (χ4n) is 1.77. The van der Waals surface area contributed by atoms with Gasteiger partial charge in [-0.3, -0.25) is 4.79 Å². The molecule has 0 radical (unpaired) electrons. The Hall–Kier alpha value is -1.53. The zero-order chi connectivity index (χ0) is 13.4. The van der Waals surface area contributed by atoms with Gasteiger partial charge in [0, 0.05) is 6.92 Å². The molecular weight excluding hydrogens is 280 g/mol. The number of thioether (sulfide) groups is 2. The summed E-state index contributed by atoms with van der Waals surface area (Å²) in [5, 5.41) is 0. The fraction of sp³-hybridized carbons (Fsp3) is 0.154. The minimum Gasteiger partial charge on any atom is -0.441 e. The molecule has 2 heterocycles. The smallest absolute Gasteiger partial charge is 0.285 e. The average Bonchev–Trinajstić information content (AvgIpc) is 2.91. The second-order valence-electron chi connectivity index (χ2n) is 3.96. The summed E-state index contributed by atoms with van der Waals surface area (Å²) in [5.74, 6) is 0.460. The maximum atomic E-state index is 11.7. The molecule has 0 unspecified atom stereocenters. The van der Waals surface area contributed by atoms with Crippen LogP contribution in [0.5, 0.6) is 0 Å². The lowest BCUT2D eigenvalue weighted by molar-refractivity contribution is -0.113. The third kappa shape index (κ3) is 2.46. The molecule has 0 spiro atoms. The molecule has 96 valence electrons. The Balaban J connectivity index is 1.95. The van der Waals surface area contributed by atoms with Gasteiger partial charge in [-0.15, -0.1) is 11.8 Å². The standard InChI is InChI=1S/C13H10N2O2S2/c1-7-14-9-4-3-8(5-10(9)17-7)6-11-12(16)15-13(18-2)19-11/h3-6H,1-2H3/b11-6-. The van der Waals surface area contributed by atoms with Crippen molar-refractivity contribution in [3.63, 3.8) is 0 Å². The van der Waals surface area contributed by atoms with E-state index in [4.69, 9.17) is 4.42 Å². The molecule has 1 amide bonds. The molecule has 0 aliphatic carbocycles. The third-order valence-corrected chi connectivity index (χ3v) is 4.56. The van der Waals surface area contributed by atoms with Gasteiger partial charge >= 0.3 is 0 Å². The van der Waals surface area contributed by atoms with E-state index in [-0.39, 0.29) is 5.91 Å². The van der Waals surface area contributed by atoms with Crippen LogP contribution in [-0.2, 0) is 4.79 Å². The number of amides is 1. The zero-order valence-corrected chi connectivity index (χ0v) is 12.0. The molecule has 0 fully saturated rings. The van der Waals surface area contributed by atoms with Crippen LogP contribution in [-0.4, -0.2) is 21.5 Å². The van der Waals surface area contributed by atoms with Crippen molar-refractivity contribution in [2.45, 2.75) is 6.92 Å². The van der Waals surface area contributed by atoms with Gasteiger partial charge in [-0.05, 0) is 30.0 Å². The second kappa shape index (κ2) is 4.86. The lowest BCUT2D eigenvalue weighted by atomic mass is 10.2. The number of hydrogen-bond donors (Lipinski definition) is 0. The summed E-state index contributed by atoms with van der Waals surface area (Å²) < 4.78 is 6.26. The first kappa shape index (κ1) is 12.5. The van der Waals surface area contributed by atoms with Crippen LogP contribution < -0.4 is 0 Å². The van der Waals surface area contributed by atoms with Crippen LogP contribution in [0.4, 0.5) is 0 Å². The molecule has 0 bridgehead atoms. The number of hydrogen-bond acceptors (Lipinski definition) is 5. The molecule has 4 nitrogen and oxygen atoms in total. The summed E-state index contributed by atoms with van der Waals surface area (Å²) in [6.07, 6.45) is 3.74. The average molecular weight is 290 g/mol. The predicted octanol–water partition coefficient (Wildman–Crippen LogP) is 3.47. The van der Waals surface area contributed by atoms with Crippen LogP contribution in [0.15, 0.2) is 32.5 Å². The Morgan fingerprint density at radius 3 is 3.00 bits per heavy atom. The van der Waals surface area contributed by atoms with Crippen molar-refractivity contribution in [3.05, 3.63) is 34.6 Å². The zero-order valence-electron chi connectivity index (χ0n) is 10.3. The molecule has 0 saturated carbocycles. The van der Waals surface area contributed by atoms with E-state index in [0.29, 0.717) is 10.8 Å². The highest BCUT2D eigenvalue weighted by molar-refractivity contribution is 8.40. The molecule has 1 aromatic carbocycles. The Bertz CT molecular complexity index is 731. The number of carbonyl (C=O) groups is 1. The topological polar surface area (TPSA) is 55.5 Å². The molecule has 6 heteroatoms. The Morgan fingerprint density at radius 2 is 2.26 bits per heavy atom. The maximum Gasteiger partial charge on any atom is 0.285 e. The minimum atomic E-state index is -0.178. The normalized spacial score (nSPS) is 17.5. The number of rotatable bonds is 1. The van der Waals surface area contributed by atoms with Crippen molar-refractivity contribution in [2.75, 3.05) is 6.26 Å². The van der Waals surface area contributed by atoms with E-state index in [2.05, 4.69) is 9.98 Å². The summed E-state index contributed by atoms with van der Waals surface area (Å²) in [5.41, 5.74) is 2.47. The van der Waals surface area contributed by atoms with Gasteiger partial charge in [0.25, 0.3) is 5.91 Å². The van der Waals surface area contributed by atoms with Gasteiger partial charge in [0.2, 0.25) is 0 Å². The summed E-state index contributed by atoms with van der Waals surface area (Å²) in [6.45, 7) is 1.81. The highest BCUT2D eigenvalue weighted by atomic mass is 32.2. The Kier molecular flexibility index (Phi) is 3.20. The number of nitrogens with zero attached hydrogens (tertiary/aromatic N) is 2. The molecule has 0 N–H and O–H groups in total. The first-order valence-electron chi connectivity index (χ1n) is 5.59. The van der Waals surface area contributed by atoms with E-state index < -0.39 is 0 Å². The predicted molar refractivity (Wildman–Crippen MR) is 80.3 cm³/mol. The molecule has 19 heavy (non-hydrogen) atoms. The van der Waals surface area contributed by atoms with E-state index in [1.54, 1.807) is 0 Å². The summed E-state index contributed by atoms with van der Waals surface area (Å²) in [6, 6.07) is 5.69. The van der Waals surface area contributed by atoms with E-state index >= 15 is 0 Å². The lowest BCUT2D eigenvalue weighted by Gasteiger charge is -1.95. The molecule has 1 aliphatic rings. The van der Waals surface area contributed by atoms with Gasteiger partial charge in [-0.1, -0.05) is 17.8 Å². The van der Waals surface area contributed by atoms with Crippen LogP contribution in [0.25, 0.3) is 17.2 Å². The number of aryl methyl sites for hydroxylation is 1. The monoisotopic (exact) mass is 290 g/mol. The number of aromatic nitrogens is 1. The maximum absolute atomic E-state index is 11.7. The van der Waals surface area contributed by atoms with E-state index in [0.717, 1.165) is 21.0 Å². The van der Waals surface area contributed by atoms with Crippen molar-refractivity contribution in [3.8, 4) is 0 Å². The quantitative estimate of drug-likeness (QED) is 0.753. The molecule has 0 saturated heterocycles. The van der Waals surface area contributed by atoms with E-state index in [1.165, 1.54) is 23.5 Å². The third-order valence-electron chi connectivity index (χ3n) is 2.59. The molecular formula is C13H10N2O2S2. The first-order valence-corrected chi connectivity index (χ1v) is 7.63. The fourth-order valence-corrected chi connectivity index (χ4v) is 3.20. The van der Waals surface area contributed by atoms with Crippen molar-refractivity contribution < 1.29 is 9.21 Å². The Morgan fingerprint density at radius 1 is 1.42 bits per heavy atom. The van der Waals surface area contributed by atoms with Crippen LogP contribution in [0.1, 0.15) is 11.5 Å². The van der Waals surface area contributed by atoms with Crippen molar-refractivity contribution in [1.29, 1.82) is 0 Å². The molecule has 2 aromatic rings. The Labute approximate surface area is 118 Å². The molecule has 0 atom stereocenters. The van der Waals surface area contributed by atoms with Gasteiger partial charge in [0.1, 0.15) is 9.89 Å². The van der Waals surface area contributed by atoms with Gasteiger partial charge in [-0.2, -0.15) is 4.99 Å². The SMILES string of the molecule is CSC1=NC(=O)/C(=C/c2ccc3nc(C)oc3c2)S1. The molecule has 1 aromatic heterocycles. The van der Waals surface area contributed by atoms with Crippen LogP contribution in [0, 0.1) is 6.92 Å². The molecule has 3 rings (SSSR count). The number of aliphatic imine (C=N–C) groups is 1. The number of carbonyl (C=O) groups excluding carboxylic acids is 1. The highest BCUT2D eigenvalue weighted by Gasteiger charge is 2.21. The molecule has 1 aliphatic heterocycles. The van der Waals surface area contributed by atoms with Crippen LogP contribution >= 0.6 is 23.5 Å². The van der Waals surface area contributed by atoms with Crippen LogP contribution in [0.2, 0.25) is 0 Å². The highest BCUT2D eigenvalue weighted by Crippen LogP contribution is 2.33. The second-order valence-corrected chi connectivity index (χ2v) is 6.04. The van der Waals surface area contributed by atoms with Gasteiger partial charge in [0.15, 0.2) is 11.5 Å². The van der Waals surface area contributed by atoms with Crippen molar-refractivity contribution in [2.24, 2.45) is 4.99 Å². The van der Waals surface area contributed by atoms with Gasteiger partial charge in [-0.25, -0.2) is 4.98 Å². The van der Waals surface area contributed by atoms with Crippen LogP contribution in [0.3, 0.4) is 0 Å². The first-order chi connectivity index (χ1) is 9.15. The van der Waals surface area contributed by atoms with Gasteiger partial charge < -0.3 is 4.42 Å². The minimum absolute atomic E-state index is 0.178. The van der Waals surface area contributed by atoms with Gasteiger partial charge in [0.05, 0.1) is 4.91 Å². The van der Waals surface area contributed by atoms with E-state index in [1.807, 2.05) is 37.5 Å². The summed E-state index contributed by atoms with van der Waals surface area (Å²) in [4.78, 5) is 20.5. The number of benzene rings is 1. The summed E-state index contributed by atoms with van der Waals surface area (Å²) in [7, 11) is 0. The largest absolute Gasteiger partial charge is 0.441 e. The number of fused-ring (bicyclic) bond motifs is 1.